The van der Waals surface area contributed by atoms with E-state index in [1.807, 2.05) is 38.1 Å². The summed E-state index contributed by atoms with van der Waals surface area (Å²) in [5.41, 5.74) is 1.60. The predicted octanol–water partition coefficient (Wildman–Crippen LogP) is 3.46. The second-order valence-electron chi connectivity index (χ2n) is 11.9. The molecule has 11 nitrogen and oxygen atoms in total. The summed E-state index contributed by atoms with van der Waals surface area (Å²) in [5.74, 6) is -1.60. The summed E-state index contributed by atoms with van der Waals surface area (Å²) in [4.78, 5) is 44.6. The molecule has 5 atom stereocenters. The molecule has 4 N–H and O–H groups in total. The minimum atomic E-state index is -1.30. The van der Waals surface area contributed by atoms with E-state index in [0.717, 1.165) is 11.3 Å². The third-order valence-corrected chi connectivity index (χ3v) is 8.62. The van der Waals surface area contributed by atoms with Crippen molar-refractivity contribution in [2.45, 2.75) is 63.9 Å². The fourth-order valence-electron chi connectivity index (χ4n) is 6.11. The van der Waals surface area contributed by atoms with Gasteiger partial charge in [-0.3, -0.25) is 9.59 Å². The van der Waals surface area contributed by atoms with Crippen LogP contribution in [0.2, 0.25) is 5.02 Å². The van der Waals surface area contributed by atoms with Gasteiger partial charge in [-0.25, -0.2) is 9.78 Å². The van der Waals surface area contributed by atoms with Gasteiger partial charge < -0.3 is 34.9 Å². The lowest BCUT2D eigenvalue weighted by Crippen LogP contribution is -2.52. The molecule has 3 aliphatic rings. The Kier molecular flexibility index (Phi) is 7.13. The Morgan fingerprint density at radius 1 is 1.14 bits per heavy atom. The zero-order valence-electron chi connectivity index (χ0n) is 24.4. The molecule has 1 spiro atoms. The van der Waals surface area contributed by atoms with E-state index in [4.69, 9.17) is 25.5 Å². The molecule has 3 aromatic rings. The molecule has 3 aliphatic heterocycles. The summed E-state index contributed by atoms with van der Waals surface area (Å²) >= 11 is 6.52. The van der Waals surface area contributed by atoms with Crippen molar-refractivity contribution in [1.82, 2.24) is 15.6 Å². The van der Waals surface area contributed by atoms with Crippen LogP contribution in [0.5, 0.6) is 5.75 Å². The van der Waals surface area contributed by atoms with Gasteiger partial charge in [0.05, 0.1) is 7.11 Å². The zero-order valence-corrected chi connectivity index (χ0v) is 25.1. The lowest BCUT2D eigenvalue weighted by molar-refractivity contribution is -0.135. The SMILES string of the molecule is COC(=O)c1nc2oc1C13c4cc(Cl)ccc4NC1Oc1ccc(cc13)C[C@H](NC(=O)C(O)C(C)C)C(=O)NC2C(C)C. The third kappa shape index (κ3) is 4.53. The van der Waals surface area contributed by atoms with Gasteiger partial charge in [0.15, 0.2) is 17.7 Å². The molecule has 6 rings (SSSR count). The predicted molar refractivity (Wildman–Crippen MR) is 156 cm³/mol. The fraction of sp³-hybridized carbons (Fsp3) is 0.419. The van der Waals surface area contributed by atoms with Crippen LogP contribution in [-0.4, -0.2) is 53.4 Å². The second kappa shape index (κ2) is 10.6. The van der Waals surface area contributed by atoms with Crippen LogP contribution in [0.4, 0.5) is 5.69 Å². The third-order valence-electron chi connectivity index (χ3n) is 8.38. The molecule has 43 heavy (non-hydrogen) atoms. The number of nitrogens with one attached hydrogen (secondary N) is 3. The van der Waals surface area contributed by atoms with Gasteiger partial charge in [0, 0.05) is 28.3 Å². The highest BCUT2D eigenvalue weighted by atomic mass is 35.5. The van der Waals surface area contributed by atoms with E-state index in [9.17, 15) is 19.5 Å². The minimum absolute atomic E-state index is 0.0527. The number of hydrogen-bond acceptors (Lipinski definition) is 9. The molecule has 0 radical (unpaired) electrons. The van der Waals surface area contributed by atoms with Crippen molar-refractivity contribution in [2.24, 2.45) is 11.8 Å². The highest BCUT2D eigenvalue weighted by Gasteiger charge is 2.61. The summed E-state index contributed by atoms with van der Waals surface area (Å²) in [6.07, 6.45) is -1.90. The van der Waals surface area contributed by atoms with Gasteiger partial charge in [-0.2, -0.15) is 0 Å². The first-order valence-corrected chi connectivity index (χ1v) is 14.6. The number of amides is 2. The van der Waals surface area contributed by atoms with Crippen LogP contribution in [0.1, 0.15) is 72.6 Å². The van der Waals surface area contributed by atoms with Gasteiger partial charge in [0.1, 0.15) is 29.4 Å². The number of benzene rings is 2. The lowest BCUT2D eigenvalue weighted by Gasteiger charge is -2.29. The number of hydrogen-bond donors (Lipinski definition) is 4. The van der Waals surface area contributed by atoms with Crippen LogP contribution in [0.3, 0.4) is 0 Å². The molecule has 0 saturated carbocycles. The van der Waals surface area contributed by atoms with Gasteiger partial charge in [-0.1, -0.05) is 51.4 Å². The Morgan fingerprint density at radius 2 is 1.91 bits per heavy atom. The topological polar surface area (TPSA) is 152 Å². The van der Waals surface area contributed by atoms with E-state index >= 15 is 0 Å². The number of ether oxygens (including phenoxy) is 2. The summed E-state index contributed by atoms with van der Waals surface area (Å²) in [6.45, 7) is 7.19. The maximum absolute atomic E-state index is 13.8. The van der Waals surface area contributed by atoms with Gasteiger partial charge in [-0.15, -0.1) is 0 Å². The smallest absolute Gasteiger partial charge is 0.360 e. The monoisotopic (exact) mass is 608 g/mol. The Hall–Kier alpha value is -4.09. The highest BCUT2D eigenvalue weighted by molar-refractivity contribution is 6.30. The van der Waals surface area contributed by atoms with E-state index in [1.54, 1.807) is 26.0 Å². The molecule has 12 heteroatoms. The van der Waals surface area contributed by atoms with Crippen molar-refractivity contribution in [3.63, 3.8) is 0 Å². The molecular weight excluding hydrogens is 576 g/mol. The number of aliphatic hydroxyl groups is 1. The van der Waals surface area contributed by atoms with Crippen LogP contribution < -0.4 is 20.7 Å². The molecule has 226 valence electrons. The Morgan fingerprint density at radius 3 is 2.60 bits per heavy atom. The molecule has 2 amide bonds. The van der Waals surface area contributed by atoms with Gasteiger partial charge in [0.2, 0.25) is 17.7 Å². The van der Waals surface area contributed by atoms with Gasteiger partial charge in [0.25, 0.3) is 0 Å². The minimum Gasteiger partial charge on any atom is -0.469 e. The van der Waals surface area contributed by atoms with Crippen LogP contribution in [0, 0.1) is 11.8 Å². The number of methoxy groups -OCH3 is 1. The quantitative estimate of drug-likeness (QED) is 0.319. The molecule has 0 fully saturated rings. The van der Waals surface area contributed by atoms with Crippen molar-refractivity contribution >= 4 is 35.1 Å². The maximum Gasteiger partial charge on any atom is 0.360 e. The normalized spacial score (nSPS) is 24.1. The highest BCUT2D eigenvalue weighted by Crippen LogP contribution is 2.59. The molecule has 2 aromatic carbocycles. The largest absolute Gasteiger partial charge is 0.469 e. The van der Waals surface area contributed by atoms with E-state index in [2.05, 4.69) is 20.9 Å². The lowest BCUT2D eigenvalue weighted by atomic mass is 9.72. The van der Waals surface area contributed by atoms with Crippen molar-refractivity contribution in [3.05, 3.63) is 75.5 Å². The molecule has 1 aromatic heterocycles. The van der Waals surface area contributed by atoms with Crippen molar-refractivity contribution in [1.29, 1.82) is 0 Å². The number of nitrogens with zero attached hydrogens (tertiary/aromatic N) is 1. The van der Waals surface area contributed by atoms with Gasteiger partial charge >= 0.3 is 5.97 Å². The summed E-state index contributed by atoms with van der Waals surface area (Å²) in [5, 5.41) is 20.0. The Balaban J connectivity index is 1.61. The molecule has 0 saturated heterocycles. The number of fused-ring (bicyclic) bond motifs is 4. The molecule has 0 aliphatic carbocycles. The van der Waals surface area contributed by atoms with E-state index in [-0.39, 0.29) is 35.6 Å². The number of aliphatic hydroxyl groups excluding tert-OH is 1. The number of anilines is 1. The Bertz CT molecular complexity index is 1640. The number of carbonyl (C=O) groups excluding carboxylic acids is 3. The number of rotatable bonds is 5. The number of carbonyl (C=O) groups is 3. The number of oxazole rings is 1. The molecule has 4 unspecified atom stereocenters. The second-order valence-corrected chi connectivity index (χ2v) is 12.3. The summed E-state index contributed by atoms with van der Waals surface area (Å²) in [7, 11) is 1.26. The van der Waals surface area contributed by atoms with Crippen molar-refractivity contribution < 1.29 is 33.4 Å². The van der Waals surface area contributed by atoms with Crippen molar-refractivity contribution in [3.8, 4) is 5.75 Å². The summed E-state index contributed by atoms with van der Waals surface area (Å²) in [6, 6.07) is 9.07. The van der Waals surface area contributed by atoms with Crippen LogP contribution >= 0.6 is 11.6 Å². The van der Waals surface area contributed by atoms with Crippen LogP contribution in [0.15, 0.2) is 40.8 Å². The van der Waals surface area contributed by atoms with E-state index in [0.29, 0.717) is 21.9 Å². The fourth-order valence-corrected chi connectivity index (χ4v) is 6.29. The maximum atomic E-state index is 13.8. The molecule has 4 heterocycles. The first-order valence-electron chi connectivity index (χ1n) is 14.2. The standard InChI is InChI=1S/C31H33ClN4O7/c1-13(2)22-28-36-23(29(40)41-5)25(43-28)31-17-12-16(32)7-8-19(17)34-30(31)42-21-9-6-15(10-18(21)31)11-20(26(38)35-22)33-27(39)24(37)14(3)4/h6-10,12-14,20,22,24,30,34,37H,11H2,1-5H3,(H,33,39)(H,35,38)/t20-,22?,24?,30?,31?/m0/s1. The van der Waals surface area contributed by atoms with Crippen LogP contribution in [-0.2, 0) is 26.2 Å². The van der Waals surface area contributed by atoms with Gasteiger partial charge in [-0.05, 0) is 41.7 Å². The van der Waals surface area contributed by atoms with Crippen molar-refractivity contribution in [2.75, 3.05) is 12.4 Å². The van der Waals surface area contributed by atoms with E-state index < -0.39 is 47.6 Å². The first kappa shape index (κ1) is 29.0. The molecule has 4 bridgehead atoms. The first-order chi connectivity index (χ1) is 20.4. The number of esters is 1. The molecular formula is C31H33ClN4O7. The number of halogens is 1. The summed E-state index contributed by atoms with van der Waals surface area (Å²) < 4.78 is 18.1. The zero-order chi connectivity index (χ0) is 30.8. The number of aromatic nitrogens is 1. The average Bonchev–Trinajstić information content (AvgIpc) is 3.63. The average molecular weight is 609 g/mol. The van der Waals surface area contributed by atoms with Crippen LogP contribution in [0.25, 0.3) is 0 Å². The Labute approximate surface area is 253 Å². The van der Waals surface area contributed by atoms with E-state index in [1.165, 1.54) is 7.11 Å².